The molecule has 0 radical (unpaired) electrons. The number of rotatable bonds is 2. The van der Waals surface area contributed by atoms with Crippen molar-refractivity contribution in [2.75, 3.05) is 0 Å². The summed E-state index contributed by atoms with van der Waals surface area (Å²) in [4.78, 5) is 24.7. The number of H-pyrrole nitrogens is 1. The third kappa shape index (κ3) is 1.99. The first kappa shape index (κ1) is 13.0. The van der Waals surface area contributed by atoms with Crippen LogP contribution < -0.4 is 5.56 Å². The van der Waals surface area contributed by atoms with E-state index in [2.05, 4.69) is 4.98 Å². The number of nitro groups is 1. The summed E-state index contributed by atoms with van der Waals surface area (Å²) >= 11 is 0. The lowest BCUT2D eigenvalue weighted by atomic mass is 10.0. The zero-order valence-electron chi connectivity index (χ0n) is 11.0. The van der Waals surface area contributed by atoms with Crippen LogP contribution in [0.2, 0.25) is 0 Å². The fraction of sp³-hybridized carbons (Fsp3) is 0.0714. The van der Waals surface area contributed by atoms with Gasteiger partial charge < -0.3 is 9.55 Å². The Hall–Kier alpha value is -2.96. The number of benzene rings is 1. The van der Waals surface area contributed by atoms with Gasteiger partial charge in [-0.1, -0.05) is 0 Å². The van der Waals surface area contributed by atoms with E-state index in [9.17, 15) is 19.3 Å². The standard InChI is InChI=1S/C14H10FN3O3/c1-17-7-10(9-4-5-16-13(9)14(17)19)8-2-3-12(18(20)21)11(15)6-8/h2-7,16H,1H3. The molecule has 21 heavy (non-hydrogen) atoms. The highest BCUT2D eigenvalue weighted by Crippen LogP contribution is 2.29. The monoisotopic (exact) mass is 287 g/mol. The van der Waals surface area contributed by atoms with E-state index in [4.69, 9.17) is 0 Å². The molecule has 0 aliphatic rings. The van der Waals surface area contributed by atoms with Gasteiger partial charge in [0.2, 0.25) is 5.82 Å². The fourth-order valence-electron chi connectivity index (χ4n) is 2.32. The maximum atomic E-state index is 13.8. The van der Waals surface area contributed by atoms with Crippen LogP contribution in [0.25, 0.3) is 22.0 Å². The SMILES string of the molecule is Cn1cc(-c2ccc([N+](=O)[O-])c(F)c2)c2cc[nH]c2c1=O. The van der Waals surface area contributed by atoms with Gasteiger partial charge in [0.15, 0.2) is 0 Å². The van der Waals surface area contributed by atoms with Crippen LogP contribution in [0.15, 0.2) is 41.5 Å². The maximum Gasteiger partial charge on any atom is 0.304 e. The van der Waals surface area contributed by atoms with Crippen LogP contribution in [-0.4, -0.2) is 14.5 Å². The molecule has 0 aliphatic heterocycles. The first-order valence-electron chi connectivity index (χ1n) is 6.10. The number of nitrogens with one attached hydrogen (secondary N) is 1. The summed E-state index contributed by atoms with van der Waals surface area (Å²) < 4.78 is 15.2. The van der Waals surface area contributed by atoms with Gasteiger partial charge in [-0.15, -0.1) is 0 Å². The number of nitrogens with zero attached hydrogens (tertiary/aromatic N) is 2. The summed E-state index contributed by atoms with van der Waals surface area (Å²) in [6, 6.07) is 5.40. The van der Waals surface area contributed by atoms with E-state index in [0.29, 0.717) is 22.0 Å². The Labute approximate surface area is 117 Å². The molecule has 0 saturated carbocycles. The summed E-state index contributed by atoms with van der Waals surface area (Å²) in [7, 11) is 1.59. The predicted molar refractivity (Wildman–Crippen MR) is 75.6 cm³/mol. The molecule has 2 aromatic heterocycles. The van der Waals surface area contributed by atoms with Gasteiger partial charge in [0.05, 0.1) is 4.92 Å². The number of pyridine rings is 1. The second kappa shape index (κ2) is 4.55. The molecule has 106 valence electrons. The fourth-order valence-corrected chi connectivity index (χ4v) is 2.32. The van der Waals surface area contributed by atoms with Crippen molar-refractivity contribution in [2.24, 2.45) is 7.05 Å². The van der Waals surface area contributed by atoms with E-state index in [1.165, 1.54) is 10.6 Å². The third-order valence-electron chi connectivity index (χ3n) is 3.35. The smallest absolute Gasteiger partial charge is 0.304 e. The van der Waals surface area contributed by atoms with Crippen molar-refractivity contribution in [3.05, 3.63) is 62.9 Å². The molecule has 7 heteroatoms. The Balaban J connectivity index is 2.28. The highest BCUT2D eigenvalue weighted by atomic mass is 19.1. The van der Waals surface area contributed by atoms with Crippen LogP contribution in [0.5, 0.6) is 0 Å². The van der Waals surface area contributed by atoms with Gasteiger partial charge in [0, 0.05) is 36.5 Å². The predicted octanol–water partition coefficient (Wildman–Crippen LogP) is 2.58. The molecule has 0 aliphatic carbocycles. The van der Waals surface area contributed by atoms with Gasteiger partial charge in [-0.2, -0.15) is 4.39 Å². The minimum absolute atomic E-state index is 0.193. The van der Waals surface area contributed by atoms with Gasteiger partial charge in [0.25, 0.3) is 5.56 Å². The van der Waals surface area contributed by atoms with E-state index in [1.54, 1.807) is 25.5 Å². The average Bonchev–Trinajstić information content (AvgIpc) is 2.92. The Bertz CT molecular complexity index is 927. The lowest BCUT2D eigenvalue weighted by Gasteiger charge is -2.07. The minimum atomic E-state index is -0.907. The van der Waals surface area contributed by atoms with E-state index in [0.717, 1.165) is 12.1 Å². The van der Waals surface area contributed by atoms with Gasteiger partial charge in [-0.3, -0.25) is 14.9 Å². The van der Waals surface area contributed by atoms with Crippen molar-refractivity contribution in [1.29, 1.82) is 0 Å². The van der Waals surface area contributed by atoms with Crippen molar-refractivity contribution in [2.45, 2.75) is 0 Å². The van der Waals surface area contributed by atoms with Crippen LogP contribution >= 0.6 is 0 Å². The van der Waals surface area contributed by atoms with Gasteiger partial charge in [0.1, 0.15) is 5.52 Å². The minimum Gasteiger partial charge on any atom is -0.357 e. The quantitative estimate of drug-likeness (QED) is 0.581. The second-order valence-electron chi connectivity index (χ2n) is 4.65. The zero-order chi connectivity index (χ0) is 15.1. The number of aromatic amines is 1. The van der Waals surface area contributed by atoms with Crippen LogP contribution in [0.4, 0.5) is 10.1 Å². The van der Waals surface area contributed by atoms with Gasteiger partial charge in [-0.25, -0.2) is 0 Å². The largest absolute Gasteiger partial charge is 0.357 e. The molecule has 0 saturated heterocycles. The van der Waals surface area contributed by atoms with Crippen molar-refractivity contribution >= 4 is 16.6 Å². The van der Waals surface area contributed by atoms with Crippen molar-refractivity contribution in [3.8, 4) is 11.1 Å². The summed E-state index contributed by atoms with van der Waals surface area (Å²) in [5, 5.41) is 11.3. The molecular formula is C14H10FN3O3. The van der Waals surface area contributed by atoms with E-state index in [1.807, 2.05) is 0 Å². The maximum absolute atomic E-state index is 13.8. The van der Waals surface area contributed by atoms with Crippen molar-refractivity contribution < 1.29 is 9.31 Å². The molecule has 6 nitrogen and oxygen atoms in total. The molecule has 1 N–H and O–H groups in total. The molecule has 0 bridgehead atoms. The molecule has 3 rings (SSSR count). The number of nitro benzene ring substituents is 1. The number of hydrogen-bond donors (Lipinski definition) is 1. The molecular weight excluding hydrogens is 277 g/mol. The Morgan fingerprint density at radius 1 is 1.33 bits per heavy atom. The zero-order valence-corrected chi connectivity index (χ0v) is 11.0. The summed E-state index contributed by atoms with van der Waals surface area (Å²) in [6.07, 6.45) is 3.20. The molecule has 0 spiro atoms. The Kier molecular flexibility index (Phi) is 2.83. The number of hydrogen-bond acceptors (Lipinski definition) is 3. The summed E-state index contributed by atoms with van der Waals surface area (Å²) in [5.41, 5.74) is 0.740. The lowest BCUT2D eigenvalue weighted by Crippen LogP contribution is -2.16. The summed E-state index contributed by atoms with van der Waals surface area (Å²) in [5.74, 6) is -0.907. The molecule has 0 unspecified atom stereocenters. The molecule has 2 heterocycles. The van der Waals surface area contributed by atoms with E-state index in [-0.39, 0.29) is 5.56 Å². The first-order chi connectivity index (χ1) is 9.99. The van der Waals surface area contributed by atoms with Crippen LogP contribution in [0, 0.1) is 15.9 Å². The number of aromatic nitrogens is 2. The molecule has 0 atom stereocenters. The van der Waals surface area contributed by atoms with Crippen LogP contribution in [0.1, 0.15) is 0 Å². The highest BCUT2D eigenvalue weighted by molar-refractivity contribution is 5.94. The average molecular weight is 287 g/mol. The van der Waals surface area contributed by atoms with E-state index < -0.39 is 16.4 Å². The van der Waals surface area contributed by atoms with Gasteiger partial charge >= 0.3 is 5.69 Å². The summed E-state index contributed by atoms with van der Waals surface area (Å²) in [6.45, 7) is 0. The van der Waals surface area contributed by atoms with Crippen molar-refractivity contribution in [3.63, 3.8) is 0 Å². The molecule has 1 aromatic carbocycles. The lowest BCUT2D eigenvalue weighted by molar-refractivity contribution is -0.387. The highest BCUT2D eigenvalue weighted by Gasteiger charge is 2.16. The molecule has 0 amide bonds. The van der Waals surface area contributed by atoms with E-state index >= 15 is 0 Å². The molecule has 3 aromatic rings. The van der Waals surface area contributed by atoms with Crippen LogP contribution in [0.3, 0.4) is 0 Å². The second-order valence-corrected chi connectivity index (χ2v) is 4.65. The van der Waals surface area contributed by atoms with Crippen molar-refractivity contribution in [1.82, 2.24) is 9.55 Å². The number of halogens is 1. The Morgan fingerprint density at radius 3 is 2.76 bits per heavy atom. The third-order valence-corrected chi connectivity index (χ3v) is 3.35. The normalized spacial score (nSPS) is 11.0. The number of fused-ring (bicyclic) bond motifs is 1. The first-order valence-corrected chi connectivity index (χ1v) is 6.10. The Morgan fingerprint density at radius 2 is 2.10 bits per heavy atom. The topological polar surface area (TPSA) is 80.9 Å². The van der Waals surface area contributed by atoms with Gasteiger partial charge in [-0.05, 0) is 23.8 Å². The van der Waals surface area contributed by atoms with Crippen LogP contribution in [-0.2, 0) is 7.05 Å². The molecule has 0 fully saturated rings. The number of aryl methyl sites for hydroxylation is 1.